The van der Waals surface area contributed by atoms with Crippen LogP contribution in [0.4, 0.5) is 0 Å². The molecule has 33 heavy (non-hydrogen) atoms. The molecule has 0 saturated carbocycles. The Kier molecular flexibility index (Phi) is 7.57. The molecule has 1 aromatic carbocycles. The number of likely N-dealkylation sites (tertiary alicyclic amines) is 1. The van der Waals surface area contributed by atoms with E-state index in [4.69, 9.17) is 4.74 Å². The van der Waals surface area contributed by atoms with Crippen LogP contribution in [-0.2, 0) is 11.2 Å². The van der Waals surface area contributed by atoms with Gasteiger partial charge in [-0.05, 0) is 49.1 Å². The van der Waals surface area contributed by atoms with Gasteiger partial charge < -0.3 is 14.5 Å². The number of ether oxygens (including phenoxy) is 1. The summed E-state index contributed by atoms with van der Waals surface area (Å²) in [7, 11) is 0. The Bertz CT molecular complexity index is 942. The standard InChI is InChI=1S/C26H34N4O3/c1-2-24(31)29-15-11-26(12-16-29)10-6-5-8-21-7-3-4-9-23(21)33-18-17-30(20-26)25(32)22-19-27-13-14-28-22/h3-4,7,9,13-14,19H,2,5-6,8,10-12,15-18,20H2,1H3. The molecule has 1 fully saturated rings. The minimum atomic E-state index is -0.108. The largest absolute Gasteiger partial charge is 0.491 e. The SMILES string of the molecule is CCC(=O)N1CCC2(CCCCc3ccccc3OCCN(C(=O)c3cnccn3)C2)CC1. The second-order valence-electron chi connectivity index (χ2n) is 9.21. The lowest BCUT2D eigenvalue weighted by Gasteiger charge is -2.45. The second kappa shape index (κ2) is 10.8. The first-order chi connectivity index (χ1) is 16.1. The molecule has 0 unspecified atom stereocenters. The summed E-state index contributed by atoms with van der Waals surface area (Å²) in [6.45, 7) is 5.02. The van der Waals surface area contributed by atoms with E-state index in [-0.39, 0.29) is 17.2 Å². The predicted octanol–water partition coefficient (Wildman–Crippen LogP) is 3.74. The van der Waals surface area contributed by atoms with Crippen molar-refractivity contribution in [3.8, 4) is 5.75 Å². The first-order valence-corrected chi connectivity index (χ1v) is 12.1. The highest BCUT2D eigenvalue weighted by Crippen LogP contribution is 2.38. The fourth-order valence-electron chi connectivity index (χ4n) is 5.10. The monoisotopic (exact) mass is 450 g/mol. The molecule has 0 atom stereocenters. The lowest BCUT2D eigenvalue weighted by molar-refractivity contribution is -0.133. The molecule has 4 rings (SSSR count). The van der Waals surface area contributed by atoms with E-state index in [2.05, 4.69) is 22.1 Å². The fourth-order valence-corrected chi connectivity index (χ4v) is 5.10. The summed E-state index contributed by atoms with van der Waals surface area (Å²) >= 11 is 0. The van der Waals surface area contributed by atoms with Crippen LogP contribution < -0.4 is 4.74 Å². The number of aryl methyl sites for hydroxylation is 1. The van der Waals surface area contributed by atoms with Crippen molar-refractivity contribution in [2.45, 2.75) is 51.9 Å². The van der Waals surface area contributed by atoms with Crippen molar-refractivity contribution in [1.82, 2.24) is 19.8 Å². The molecule has 176 valence electrons. The number of fused-ring (bicyclic) bond motifs is 1. The van der Waals surface area contributed by atoms with E-state index < -0.39 is 0 Å². The molecule has 0 radical (unpaired) electrons. The van der Waals surface area contributed by atoms with Crippen LogP contribution in [0.25, 0.3) is 0 Å². The van der Waals surface area contributed by atoms with Gasteiger partial charge in [0.25, 0.3) is 5.91 Å². The Hall–Kier alpha value is -2.96. The Morgan fingerprint density at radius 2 is 1.85 bits per heavy atom. The summed E-state index contributed by atoms with van der Waals surface area (Å²) in [5.74, 6) is 1.02. The number of amides is 2. The molecular weight excluding hydrogens is 416 g/mol. The maximum absolute atomic E-state index is 13.4. The Morgan fingerprint density at radius 3 is 2.61 bits per heavy atom. The van der Waals surface area contributed by atoms with Gasteiger partial charge in [0.1, 0.15) is 18.1 Å². The van der Waals surface area contributed by atoms with Crippen molar-refractivity contribution in [1.29, 1.82) is 0 Å². The number of hydrogen-bond donors (Lipinski definition) is 0. The topological polar surface area (TPSA) is 75.6 Å². The highest BCUT2D eigenvalue weighted by atomic mass is 16.5. The van der Waals surface area contributed by atoms with Crippen molar-refractivity contribution in [2.75, 3.05) is 32.8 Å². The number of benzene rings is 1. The van der Waals surface area contributed by atoms with Crippen molar-refractivity contribution in [2.24, 2.45) is 5.41 Å². The molecule has 7 nitrogen and oxygen atoms in total. The third kappa shape index (κ3) is 5.70. The number of para-hydroxylation sites is 1. The molecule has 2 aliphatic rings. The van der Waals surface area contributed by atoms with Gasteiger partial charge in [0.05, 0.1) is 12.7 Å². The van der Waals surface area contributed by atoms with E-state index in [1.807, 2.05) is 28.9 Å². The van der Waals surface area contributed by atoms with Crippen molar-refractivity contribution in [3.05, 3.63) is 54.1 Å². The zero-order valence-electron chi connectivity index (χ0n) is 19.5. The Labute approximate surface area is 196 Å². The average Bonchev–Trinajstić information content (AvgIpc) is 2.86. The number of nitrogens with zero attached hydrogens (tertiary/aromatic N) is 4. The summed E-state index contributed by atoms with van der Waals surface area (Å²) < 4.78 is 6.13. The minimum Gasteiger partial charge on any atom is -0.491 e. The number of piperidine rings is 1. The third-order valence-corrected chi connectivity index (χ3v) is 7.07. The summed E-state index contributed by atoms with van der Waals surface area (Å²) in [5.41, 5.74) is 1.59. The van der Waals surface area contributed by atoms with E-state index in [1.54, 1.807) is 12.4 Å². The molecule has 0 bridgehead atoms. The normalized spacial score (nSPS) is 19.1. The summed E-state index contributed by atoms with van der Waals surface area (Å²) in [4.78, 5) is 37.9. The van der Waals surface area contributed by atoms with Crippen LogP contribution in [0.15, 0.2) is 42.9 Å². The number of aromatic nitrogens is 2. The van der Waals surface area contributed by atoms with Gasteiger partial charge in [-0.2, -0.15) is 0 Å². The van der Waals surface area contributed by atoms with Crippen molar-refractivity contribution < 1.29 is 14.3 Å². The van der Waals surface area contributed by atoms with Crippen LogP contribution in [0.5, 0.6) is 5.75 Å². The number of hydrogen-bond acceptors (Lipinski definition) is 5. The zero-order chi connectivity index (χ0) is 23.1. The van der Waals surface area contributed by atoms with Crippen molar-refractivity contribution in [3.63, 3.8) is 0 Å². The van der Waals surface area contributed by atoms with E-state index in [1.165, 1.54) is 11.8 Å². The van der Waals surface area contributed by atoms with Crippen LogP contribution in [0.2, 0.25) is 0 Å². The predicted molar refractivity (Wildman–Crippen MR) is 126 cm³/mol. The molecule has 0 N–H and O–H groups in total. The van der Waals surface area contributed by atoms with Crippen LogP contribution >= 0.6 is 0 Å². The average molecular weight is 451 g/mol. The van der Waals surface area contributed by atoms with E-state index >= 15 is 0 Å². The van der Waals surface area contributed by atoms with E-state index in [0.29, 0.717) is 31.8 Å². The molecule has 1 aromatic heterocycles. The quantitative estimate of drug-likeness (QED) is 0.697. The van der Waals surface area contributed by atoms with Crippen molar-refractivity contribution >= 4 is 11.8 Å². The van der Waals surface area contributed by atoms with Crippen LogP contribution in [0, 0.1) is 5.41 Å². The highest BCUT2D eigenvalue weighted by Gasteiger charge is 2.38. The van der Waals surface area contributed by atoms with Gasteiger partial charge in [-0.3, -0.25) is 14.6 Å². The third-order valence-electron chi connectivity index (χ3n) is 7.07. The zero-order valence-corrected chi connectivity index (χ0v) is 19.5. The minimum absolute atomic E-state index is 0.00110. The van der Waals surface area contributed by atoms with Crippen LogP contribution in [-0.4, -0.2) is 64.4 Å². The molecule has 7 heteroatoms. The van der Waals surface area contributed by atoms with Gasteiger partial charge in [-0.15, -0.1) is 0 Å². The molecular formula is C26H34N4O3. The van der Waals surface area contributed by atoms with Gasteiger partial charge in [0, 0.05) is 38.4 Å². The van der Waals surface area contributed by atoms with Crippen LogP contribution in [0.1, 0.15) is 61.5 Å². The van der Waals surface area contributed by atoms with Crippen LogP contribution in [0.3, 0.4) is 0 Å². The van der Waals surface area contributed by atoms with E-state index in [0.717, 1.165) is 57.4 Å². The first kappa shape index (κ1) is 23.2. The molecule has 2 aromatic rings. The lowest BCUT2D eigenvalue weighted by Crippen LogP contribution is -2.50. The molecule has 2 aliphatic heterocycles. The molecule has 1 saturated heterocycles. The fraction of sp³-hybridized carbons (Fsp3) is 0.538. The highest BCUT2D eigenvalue weighted by molar-refractivity contribution is 5.92. The van der Waals surface area contributed by atoms with Gasteiger partial charge in [-0.1, -0.05) is 31.5 Å². The van der Waals surface area contributed by atoms with E-state index in [9.17, 15) is 9.59 Å². The first-order valence-electron chi connectivity index (χ1n) is 12.1. The molecule has 0 aliphatic carbocycles. The lowest BCUT2D eigenvalue weighted by atomic mass is 9.73. The second-order valence-corrected chi connectivity index (χ2v) is 9.21. The summed E-state index contributed by atoms with van der Waals surface area (Å²) in [5, 5.41) is 0. The molecule has 1 spiro atoms. The Morgan fingerprint density at radius 1 is 1.03 bits per heavy atom. The number of carbonyl (C=O) groups is 2. The smallest absolute Gasteiger partial charge is 0.274 e. The molecule has 2 amide bonds. The summed E-state index contributed by atoms with van der Waals surface area (Å²) in [6.07, 6.45) is 11.3. The summed E-state index contributed by atoms with van der Waals surface area (Å²) in [6, 6.07) is 8.19. The van der Waals surface area contributed by atoms with Gasteiger partial charge >= 0.3 is 0 Å². The number of rotatable bonds is 2. The van der Waals surface area contributed by atoms with Gasteiger partial charge in [-0.25, -0.2) is 4.98 Å². The molecule has 3 heterocycles. The Balaban J connectivity index is 1.57. The maximum Gasteiger partial charge on any atom is 0.274 e. The van der Waals surface area contributed by atoms with Gasteiger partial charge in [0.2, 0.25) is 5.91 Å². The van der Waals surface area contributed by atoms with Gasteiger partial charge in [0.15, 0.2) is 0 Å². The maximum atomic E-state index is 13.4. The number of carbonyl (C=O) groups excluding carboxylic acids is 2.